The van der Waals surface area contributed by atoms with Crippen LogP contribution in [0.3, 0.4) is 0 Å². The molecule has 3 heteroatoms. The Kier molecular flexibility index (Phi) is 7.24. The molecule has 1 aliphatic carbocycles. The molecule has 118 valence electrons. The van der Waals surface area contributed by atoms with Gasteiger partial charge in [-0.15, -0.1) is 0 Å². The van der Waals surface area contributed by atoms with Gasteiger partial charge in [-0.2, -0.15) is 0 Å². The van der Waals surface area contributed by atoms with Gasteiger partial charge in [0.05, 0.1) is 0 Å². The molecular formula is C18H27Br2N. The van der Waals surface area contributed by atoms with Crippen LogP contribution in [-0.4, -0.2) is 13.1 Å². The van der Waals surface area contributed by atoms with Gasteiger partial charge in [-0.25, -0.2) is 0 Å². The van der Waals surface area contributed by atoms with E-state index in [0.717, 1.165) is 6.54 Å². The fourth-order valence-corrected chi connectivity index (χ4v) is 4.39. The first kappa shape index (κ1) is 17.5. The van der Waals surface area contributed by atoms with Crippen LogP contribution in [0.4, 0.5) is 0 Å². The molecule has 1 fully saturated rings. The van der Waals surface area contributed by atoms with Gasteiger partial charge in [-0.3, -0.25) is 0 Å². The molecule has 0 unspecified atom stereocenters. The highest BCUT2D eigenvalue weighted by atomic mass is 79.9. The monoisotopic (exact) mass is 415 g/mol. The Morgan fingerprint density at radius 3 is 2.57 bits per heavy atom. The number of rotatable bonds is 8. The third-order valence-corrected chi connectivity index (χ3v) is 6.12. The summed E-state index contributed by atoms with van der Waals surface area (Å²) in [5.74, 6) is 0. The molecule has 1 nitrogen and oxygen atoms in total. The quantitative estimate of drug-likeness (QED) is 0.505. The number of halogens is 2. The van der Waals surface area contributed by atoms with Crippen molar-refractivity contribution in [3.8, 4) is 0 Å². The third kappa shape index (κ3) is 5.37. The number of nitrogens with one attached hydrogen (secondary N) is 1. The molecule has 0 bridgehead atoms. The zero-order chi connectivity index (χ0) is 15.1. The Balaban J connectivity index is 1.91. The molecule has 0 amide bonds. The van der Waals surface area contributed by atoms with Gasteiger partial charge in [0, 0.05) is 8.95 Å². The van der Waals surface area contributed by atoms with Crippen molar-refractivity contribution in [1.82, 2.24) is 5.32 Å². The van der Waals surface area contributed by atoms with Crippen molar-refractivity contribution in [3.05, 3.63) is 32.7 Å². The highest BCUT2D eigenvalue weighted by Gasteiger charge is 2.32. The molecular weight excluding hydrogens is 390 g/mol. The Hall–Kier alpha value is 0.140. The molecule has 1 saturated carbocycles. The molecule has 0 saturated heterocycles. The first-order valence-corrected chi connectivity index (χ1v) is 9.88. The third-order valence-electron chi connectivity index (χ3n) is 4.86. The van der Waals surface area contributed by atoms with Gasteiger partial charge >= 0.3 is 0 Å². The summed E-state index contributed by atoms with van der Waals surface area (Å²) in [6, 6.07) is 6.53. The molecule has 1 aliphatic rings. The van der Waals surface area contributed by atoms with Crippen molar-refractivity contribution >= 4 is 31.9 Å². The van der Waals surface area contributed by atoms with E-state index in [4.69, 9.17) is 0 Å². The standard InChI is InChI=1S/C18H27Br2N/c1-2-12-21-13-11-18(8-3-4-9-18)10-7-15-14-16(19)5-6-17(15)20/h5-6,14,21H,2-4,7-13H2,1H3. The zero-order valence-electron chi connectivity index (χ0n) is 13.1. The van der Waals surface area contributed by atoms with E-state index in [-0.39, 0.29) is 0 Å². The predicted molar refractivity (Wildman–Crippen MR) is 98.8 cm³/mol. The average molecular weight is 417 g/mol. The first-order chi connectivity index (χ1) is 10.2. The Bertz CT molecular complexity index is 439. The lowest BCUT2D eigenvalue weighted by atomic mass is 9.77. The normalized spacial score (nSPS) is 17.3. The van der Waals surface area contributed by atoms with Crippen molar-refractivity contribution < 1.29 is 0 Å². The fourth-order valence-electron chi connectivity index (χ4n) is 3.54. The van der Waals surface area contributed by atoms with Gasteiger partial charge in [-0.05, 0) is 80.8 Å². The molecule has 1 N–H and O–H groups in total. The summed E-state index contributed by atoms with van der Waals surface area (Å²) in [4.78, 5) is 0. The molecule has 0 heterocycles. The van der Waals surface area contributed by atoms with Crippen LogP contribution in [0.1, 0.15) is 57.4 Å². The van der Waals surface area contributed by atoms with E-state index in [0.29, 0.717) is 5.41 Å². The average Bonchev–Trinajstić information content (AvgIpc) is 2.94. The summed E-state index contributed by atoms with van der Waals surface area (Å²) in [7, 11) is 0. The molecule has 0 spiro atoms. The minimum Gasteiger partial charge on any atom is -0.317 e. The Morgan fingerprint density at radius 2 is 1.86 bits per heavy atom. The van der Waals surface area contributed by atoms with Gasteiger partial charge in [-0.1, -0.05) is 51.6 Å². The Labute approximate surface area is 146 Å². The van der Waals surface area contributed by atoms with E-state index in [1.54, 1.807) is 0 Å². The molecule has 21 heavy (non-hydrogen) atoms. The number of hydrogen-bond acceptors (Lipinski definition) is 1. The molecule has 1 aromatic carbocycles. The van der Waals surface area contributed by atoms with Crippen molar-refractivity contribution in [2.75, 3.05) is 13.1 Å². The van der Waals surface area contributed by atoms with E-state index in [2.05, 4.69) is 62.3 Å². The topological polar surface area (TPSA) is 12.0 Å². The number of hydrogen-bond donors (Lipinski definition) is 1. The maximum Gasteiger partial charge on any atom is 0.0208 e. The fraction of sp³-hybridized carbons (Fsp3) is 0.667. The van der Waals surface area contributed by atoms with Crippen LogP contribution in [0.5, 0.6) is 0 Å². The minimum atomic E-state index is 0.586. The van der Waals surface area contributed by atoms with E-state index in [9.17, 15) is 0 Å². The highest BCUT2D eigenvalue weighted by molar-refractivity contribution is 9.11. The second-order valence-corrected chi connectivity index (χ2v) is 8.21. The summed E-state index contributed by atoms with van der Waals surface area (Å²) in [5, 5.41) is 3.59. The van der Waals surface area contributed by atoms with Crippen LogP contribution in [0, 0.1) is 5.41 Å². The highest BCUT2D eigenvalue weighted by Crippen LogP contribution is 2.45. The van der Waals surface area contributed by atoms with Crippen LogP contribution in [0.2, 0.25) is 0 Å². The lowest BCUT2D eigenvalue weighted by Crippen LogP contribution is -2.26. The van der Waals surface area contributed by atoms with Crippen LogP contribution in [-0.2, 0) is 6.42 Å². The van der Waals surface area contributed by atoms with Gasteiger partial charge in [0.1, 0.15) is 0 Å². The zero-order valence-corrected chi connectivity index (χ0v) is 16.2. The number of aryl methyl sites for hydroxylation is 1. The molecule has 0 aliphatic heterocycles. The smallest absolute Gasteiger partial charge is 0.0208 e. The summed E-state index contributed by atoms with van der Waals surface area (Å²) in [6.07, 6.45) is 10.8. The summed E-state index contributed by atoms with van der Waals surface area (Å²) in [5.41, 5.74) is 2.03. The van der Waals surface area contributed by atoms with Gasteiger partial charge in [0.2, 0.25) is 0 Å². The van der Waals surface area contributed by atoms with E-state index in [1.807, 2.05) is 0 Å². The maximum absolute atomic E-state index is 3.70. The summed E-state index contributed by atoms with van der Waals surface area (Å²) >= 11 is 7.29. The van der Waals surface area contributed by atoms with Crippen molar-refractivity contribution in [2.24, 2.45) is 5.41 Å². The summed E-state index contributed by atoms with van der Waals surface area (Å²) < 4.78 is 2.44. The predicted octanol–water partition coefficient (Wildman–Crippen LogP) is 6.09. The molecule has 0 radical (unpaired) electrons. The van der Waals surface area contributed by atoms with E-state index < -0.39 is 0 Å². The van der Waals surface area contributed by atoms with Crippen LogP contribution < -0.4 is 5.32 Å². The Morgan fingerprint density at radius 1 is 1.10 bits per heavy atom. The minimum absolute atomic E-state index is 0.586. The van der Waals surface area contributed by atoms with Crippen LogP contribution in [0.15, 0.2) is 27.1 Å². The van der Waals surface area contributed by atoms with Crippen LogP contribution >= 0.6 is 31.9 Å². The molecule has 0 aromatic heterocycles. The van der Waals surface area contributed by atoms with Gasteiger partial charge in [0.15, 0.2) is 0 Å². The second-order valence-electron chi connectivity index (χ2n) is 6.44. The molecule has 2 rings (SSSR count). The van der Waals surface area contributed by atoms with E-state index >= 15 is 0 Å². The second kappa shape index (κ2) is 8.69. The lowest BCUT2D eigenvalue weighted by Gasteiger charge is -2.29. The molecule has 1 aromatic rings. The van der Waals surface area contributed by atoms with Gasteiger partial charge in [0.25, 0.3) is 0 Å². The molecule has 0 atom stereocenters. The lowest BCUT2D eigenvalue weighted by molar-refractivity contribution is 0.245. The van der Waals surface area contributed by atoms with Gasteiger partial charge < -0.3 is 5.32 Å². The summed E-state index contributed by atoms with van der Waals surface area (Å²) in [6.45, 7) is 4.59. The maximum atomic E-state index is 3.70. The number of benzene rings is 1. The van der Waals surface area contributed by atoms with Crippen molar-refractivity contribution in [1.29, 1.82) is 0 Å². The van der Waals surface area contributed by atoms with E-state index in [1.165, 1.54) is 72.4 Å². The van der Waals surface area contributed by atoms with Crippen molar-refractivity contribution in [3.63, 3.8) is 0 Å². The first-order valence-electron chi connectivity index (χ1n) is 8.30. The van der Waals surface area contributed by atoms with Crippen molar-refractivity contribution in [2.45, 2.75) is 58.3 Å². The largest absolute Gasteiger partial charge is 0.317 e. The van der Waals surface area contributed by atoms with Crippen LogP contribution in [0.25, 0.3) is 0 Å². The SMILES string of the molecule is CCCNCCC1(CCc2cc(Br)ccc2Br)CCCC1.